The summed E-state index contributed by atoms with van der Waals surface area (Å²) in [5.41, 5.74) is 1.82. The van der Waals surface area contributed by atoms with Crippen LogP contribution in [0, 0.1) is 11.8 Å². The number of ketones is 1. The minimum Gasteiger partial charge on any atom is -0.481 e. The van der Waals surface area contributed by atoms with E-state index in [-0.39, 0.29) is 11.7 Å². The molecule has 1 aromatic carbocycles. The Morgan fingerprint density at radius 2 is 1.76 bits per heavy atom. The fourth-order valence-corrected chi connectivity index (χ4v) is 2.00. The van der Waals surface area contributed by atoms with Gasteiger partial charge in [0.1, 0.15) is 0 Å². The molecule has 0 radical (unpaired) electrons. The predicted octanol–water partition coefficient (Wildman–Crippen LogP) is 2.71. The van der Waals surface area contributed by atoms with Gasteiger partial charge in [-0.1, -0.05) is 38.1 Å². The van der Waals surface area contributed by atoms with Gasteiger partial charge in [-0.15, -0.1) is 0 Å². The van der Waals surface area contributed by atoms with Crippen LogP contribution in [0.2, 0.25) is 0 Å². The summed E-state index contributed by atoms with van der Waals surface area (Å²) < 4.78 is 0. The van der Waals surface area contributed by atoms with Crippen molar-refractivity contribution >= 4 is 11.8 Å². The molecule has 2 rings (SSSR count). The minimum absolute atomic E-state index is 0.0345. The molecule has 3 heteroatoms. The van der Waals surface area contributed by atoms with Crippen molar-refractivity contribution in [2.24, 2.45) is 11.8 Å². The van der Waals surface area contributed by atoms with Crippen LogP contribution in [0.3, 0.4) is 0 Å². The van der Waals surface area contributed by atoms with E-state index >= 15 is 0 Å². The van der Waals surface area contributed by atoms with Gasteiger partial charge >= 0.3 is 5.97 Å². The number of carbonyl (C=O) groups is 2. The maximum absolute atomic E-state index is 11.9. The molecule has 0 heterocycles. The molecule has 1 saturated carbocycles. The Labute approximate surface area is 100 Å². The molecule has 1 N–H and O–H groups in total. The second kappa shape index (κ2) is 4.32. The molecule has 0 unspecified atom stereocenters. The van der Waals surface area contributed by atoms with Gasteiger partial charge in [-0.3, -0.25) is 9.59 Å². The molecule has 0 aromatic heterocycles. The quantitative estimate of drug-likeness (QED) is 0.812. The maximum atomic E-state index is 11.9. The van der Waals surface area contributed by atoms with Crippen molar-refractivity contribution in [1.29, 1.82) is 0 Å². The number of Topliss-reactive ketones (excluding diaryl/α,β-unsaturated/α-hetero) is 1. The smallest absolute Gasteiger partial charge is 0.307 e. The van der Waals surface area contributed by atoms with Gasteiger partial charge in [0.2, 0.25) is 0 Å². The normalized spacial score (nSPS) is 22.5. The van der Waals surface area contributed by atoms with E-state index in [4.69, 9.17) is 5.11 Å². The lowest BCUT2D eigenvalue weighted by Gasteiger charge is -2.06. The molecular formula is C14H16O3. The molecule has 0 aliphatic heterocycles. The van der Waals surface area contributed by atoms with Crippen LogP contribution in [-0.2, 0) is 4.79 Å². The number of aliphatic carboxylic acids is 1. The molecule has 0 bridgehead atoms. The van der Waals surface area contributed by atoms with Crippen LogP contribution in [0.1, 0.15) is 42.1 Å². The average molecular weight is 232 g/mol. The van der Waals surface area contributed by atoms with E-state index < -0.39 is 11.9 Å². The van der Waals surface area contributed by atoms with E-state index in [9.17, 15) is 9.59 Å². The maximum Gasteiger partial charge on any atom is 0.307 e. The van der Waals surface area contributed by atoms with Crippen molar-refractivity contribution in [3.63, 3.8) is 0 Å². The van der Waals surface area contributed by atoms with Crippen LogP contribution < -0.4 is 0 Å². The van der Waals surface area contributed by atoms with Crippen molar-refractivity contribution < 1.29 is 14.7 Å². The molecule has 90 valence electrons. The molecule has 1 aliphatic rings. The lowest BCUT2D eigenvalue weighted by molar-refractivity contribution is -0.138. The molecule has 0 spiro atoms. The highest BCUT2D eigenvalue weighted by molar-refractivity contribution is 6.02. The van der Waals surface area contributed by atoms with Crippen molar-refractivity contribution in [1.82, 2.24) is 0 Å². The van der Waals surface area contributed by atoms with Gasteiger partial charge in [-0.05, 0) is 17.9 Å². The Balaban J connectivity index is 2.08. The molecule has 17 heavy (non-hydrogen) atoms. The van der Waals surface area contributed by atoms with E-state index in [0.29, 0.717) is 17.9 Å². The largest absolute Gasteiger partial charge is 0.481 e. The zero-order valence-electron chi connectivity index (χ0n) is 10.0. The third-order valence-corrected chi connectivity index (χ3v) is 3.31. The van der Waals surface area contributed by atoms with Crippen molar-refractivity contribution in [2.75, 3.05) is 0 Å². The van der Waals surface area contributed by atoms with E-state index in [1.54, 1.807) is 12.1 Å². The number of benzene rings is 1. The van der Waals surface area contributed by atoms with Gasteiger partial charge in [0.25, 0.3) is 0 Å². The molecule has 0 amide bonds. The van der Waals surface area contributed by atoms with E-state index in [0.717, 1.165) is 0 Å². The second-order valence-electron chi connectivity index (χ2n) is 4.93. The van der Waals surface area contributed by atoms with Gasteiger partial charge < -0.3 is 5.11 Å². The molecule has 1 aromatic rings. The fraction of sp³-hybridized carbons (Fsp3) is 0.429. The summed E-state index contributed by atoms with van der Waals surface area (Å²) in [4.78, 5) is 22.6. The fourth-order valence-electron chi connectivity index (χ4n) is 2.00. The zero-order chi connectivity index (χ0) is 12.6. The number of rotatable bonds is 4. The summed E-state index contributed by atoms with van der Waals surface area (Å²) in [6, 6.07) is 7.48. The summed E-state index contributed by atoms with van der Waals surface area (Å²) in [5.74, 6) is -1.23. The first-order valence-electron chi connectivity index (χ1n) is 5.87. The van der Waals surface area contributed by atoms with E-state index in [2.05, 4.69) is 13.8 Å². The van der Waals surface area contributed by atoms with E-state index in [1.807, 2.05) is 12.1 Å². The van der Waals surface area contributed by atoms with E-state index in [1.165, 1.54) is 5.56 Å². The Morgan fingerprint density at radius 1 is 1.18 bits per heavy atom. The highest BCUT2D eigenvalue weighted by Crippen LogP contribution is 2.41. The first kappa shape index (κ1) is 11.8. The van der Waals surface area contributed by atoms with Gasteiger partial charge in [0.15, 0.2) is 5.78 Å². The molecule has 0 saturated heterocycles. The van der Waals surface area contributed by atoms with Crippen LogP contribution in [0.4, 0.5) is 0 Å². The summed E-state index contributed by atoms with van der Waals surface area (Å²) in [7, 11) is 0. The SMILES string of the molecule is CC(C)c1ccc(C(=O)[C@H]2C[C@@H]2C(=O)O)cc1. The Bertz CT molecular complexity index is 445. The van der Waals surface area contributed by atoms with Crippen molar-refractivity contribution in [3.8, 4) is 0 Å². The molecular weight excluding hydrogens is 216 g/mol. The lowest BCUT2D eigenvalue weighted by atomic mass is 9.99. The highest BCUT2D eigenvalue weighted by atomic mass is 16.4. The lowest BCUT2D eigenvalue weighted by Crippen LogP contribution is -2.08. The third kappa shape index (κ3) is 2.38. The zero-order valence-corrected chi connectivity index (χ0v) is 10.0. The first-order valence-corrected chi connectivity index (χ1v) is 5.87. The van der Waals surface area contributed by atoms with Gasteiger partial charge in [-0.2, -0.15) is 0 Å². The highest BCUT2D eigenvalue weighted by Gasteiger charge is 2.48. The first-order chi connectivity index (χ1) is 8.00. The number of hydrogen-bond acceptors (Lipinski definition) is 2. The summed E-state index contributed by atoms with van der Waals surface area (Å²) in [6.45, 7) is 4.19. The molecule has 1 fully saturated rings. The molecule has 1 aliphatic carbocycles. The number of carbonyl (C=O) groups excluding carboxylic acids is 1. The van der Waals surface area contributed by atoms with Crippen molar-refractivity contribution in [2.45, 2.75) is 26.2 Å². The van der Waals surface area contributed by atoms with Gasteiger partial charge in [-0.25, -0.2) is 0 Å². The average Bonchev–Trinajstić information content (AvgIpc) is 3.08. The number of hydrogen-bond donors (Lipinski definition) is 1. The number of carboxylic acid groups (broad SMARTS) is 1. The predicted molar refractivity (Wildman–Crippen MR) is 64.1 cm³/mol. The Morgan fingerprint density at radius 3 is 2.18 bits per heavy atom. The third-order valence-electron chi connectivity index (χ3n) is 3.31. The number of carboxylic acids is 1. The topological polar surface area (TPSA) is 54.4 Å². The van der Waals surface area contributed by atoms with Gasteiger partial charge in [0, 0.05) is 11.5 Å². The van der Waals surface area contributed by atoms with Crippen LogP contribution in [0.15, 0.2) is 24.3 Å². The molecule has 3 nitrogen and oxygen atoms in total. The van der Waals surface area contributed by atoms with Crippen LogP contribution >= 0.6 is 0 Å². The monoisotopic (exact) mass is 232 g/mol. The molecule has 2 atom stereocenters. The standard InChI is InChI=1S/C14H16O3/c1-8(2)9-3-5-10(6-4-9)13(15)11-7-12(11)14(16)17/h3-6,8,11-12H,7H2,1-2H3,(H,16,17)/t11-,12-/m0/s1. The van der Waals surface area contributed by atoms with Crippen molar-refractivity contribution in [3.05, 3.63) is 35.4 Å². The van der Waals surface area contributed by atoms with Crippen LogP contribution in [-0.4, -0.2) is 16.9 Å². The summed E-state index contributed by atoms with van der Waals surface area (Å²) in [6.07, 6.45) is 0.486. The Kier molecular flexibility index (Phi) is 3.01. The van der Waals surface area contributed by atoms with Crippen LogP contribution in [0.5, 0.6) is 0 Å². The minimum atomic E-state index is -0.859. The van der Waals surface area contributed by atoms with Crippen LogP contribution in [0.25, 0.3) is 0 Å². The second-order valence-corrected chi connectivity index (χ2v) is 4.93. The Hall–Kier alpha value is -1.64. The summed E-state index contributed by atoms with van der Waals surface area (Å²) in [5, 5.41) is 8.78. The van der Waals surface area contributed by atoms with Gasteiger partial charge in [0.05, 0.1) is 5.92 Å². The summed E-state index contributed by atoms with van der Waals surface area (Å²) >= 11 is 0.